The first kappa shape index (κ1) is 12.9. The number of nitrogens with zero attached hydrogens (tertiary/aromatic N) is 4. The van der Waals surface area contributed by atoms with Crippen molar-refractivity contribution in [3.8, 4) is 6.07 Å². The van der Waals surface area contributed by atoms with Gasteiger partial charge < -0.3 is 9.73 Å². The fourth-order valence-electron chi connectivity index (χ4n) is 1.59. The molecule has 0 aliphatic carbocycles. The number of furan rings is 1. The van der Waals surface area contributed by atoms with Gasteiger partial charge >= 0.3 is 0 Å². The molecule has 2 rings (SSSR count). The highest BCUT2D eigenvalue weighted by molar-refractivity contribution is 5.57. The molecule has 2 aromatic heterocycles. The molecule has 2 heterocycles. The molecule has 0 aliphatic rings. The normalized spacial score (nSPS) is 9.95. The minimum absolute atomic E-state index is 0.437. The van der Waals surface area contributed by atoms with Gasteiger partial charge in [0.05, 0.1) is 12.5 Å². The highest BCUT2D eigenvalue weighted by Gasteiger charge is 2.09. The van der Waals surface area contributed by atoms with Crippen molar-refractivity contribution in [3.63, 3.8) is 0 Å². The Bertz CT molecular complexity index is 587. The van der Waals surface area contributed by atoms with Gasteiger partial charge in [0.1, 0.15) is 23.7 Å². The second kappa shape index (κ2) is 5.87. The molecule has 0 atom stereocenters. The van der Waals surface area contributed by atoms with Gasteiger partial charge in [-0.15, -0.1) is 0 Å². The summed E-state index contributed by atoms with van der Waals surface area (Å²) in [6, 6.07) is 7.68. The summed E-state index contributed by atoms with van der Waals surface area (Å²) in [6.45, 7) is 2.46. The van der Waals surface area contributed by atoms with Gasteiger partial charge in [-0.25, -0.2) is 9.97 Å². The fourth-order valence-corrected chi connectivity index (χ4v) is 1.59. The molecule has 0 aliphatic heterocycles. The van der Waals surface area contributed by atoms with Crippen molar-refractivity contribution in [3.05, 3.63) is 30.3 Å². The van der Waals surface area contributed by atoms with Crippen LogP contribution in [0.15, 0.2) is 28.9 Å². The monoisotopic (exact) mass is 257 g/mol. The zero-order chi connectivity index (χ0) is 13.7. The molecule has 0 unspecified atom stereocenters. The number of aryl methyl sites for hydroxylation is 1. The smallest absolute Gasteiger partial charge is 0.200 e. The fraction of sp³-hybridized carbons (Fsp3) is 0.308. The third-order valence-corrected chi connectivity index (χ3v) is 2.60. The second-order valence-electron chi connectivity index (χ2n) is 4.04. The maximum Gasteiger partial charge on any atom is 0.200 e. The van der Waals surface area contributed by atoms with Crippen LogP contribution < -0.4 is 10.2 Å². The average Bonchev–Trinajstić information content (AvgIpc) is 2.85. The molecule has 19 heavy (non-hydrogen) atoms. The van der Waals surface area contributed by atoms with E-state index in [0.717, 1.165) is 17.5 Å². The number of anilines is 3. The Labute approximate surface area is 111 Å². The van der Waals surface area contributed by atoms with Gasteiger partial charge in [0.2, 0.25) is 5.88 Å². The van der Waals surface area contributed by atoms with Crippen LogP contribution in [0.3, 0.4) is 0 Å². The minimum atomic E-state index is 0.437. The summed E-state index contributed by atoms with van der Waals surface area (Å²) in [5, 5.41) is 11.6. The first-order valence-corrected chi connectivity index (χ1v) is 5.94. The summed E-state index contributed by atoms with van der Waals surface area (Å²) >= 11 is 0. The molecule has 0 amide bonds. The summed E-state index contributed by atoms with van der Waals surface area (Å²) < 4.78 is 5.54. The van der Waals surface area contributed by atoms with Gasteiger partial charge in [-0.2, -0.15) is 5.26 Å². The predicted molar refractivity (Wildman–Crippen MR) is 72.3 cm³/mol. The van der Waals surface area contributed by atoms with Crippen molar-refractivity contribution in [1.29, 1.82) is 5.26 Å². The average molecular weight is 257 g/mol. The van der Waals surface area contributed by atoms with E-state index in [9.17, 15) is 0 Å². The quantitative estimate of drug-likeness (QED) is 0.829. The molecule has 0 radical (unpaired) electrons. The summed E-state index contributed by atoms with van der Waals surface area (Å²) in [5.74, 6) is 2.99. The van der Waals surface area contributed by atoms with Crippen LogP contribution in [-0.2, 0) is 0 Å². The van der Waals surface area contributed by atoms with Gasteiger partial charge in [0.25, 0.3) is 0 Å². The molecule has 0 fully saturated rings. The lowest BCUT2D eigenvalue weighted by molar-refractivity contribution is 0.537. The maximum absolute atomic E-state index is 8.49. The van der Waals surface area contributed by atoms with Crippen LogP contribution in [-0.4, -0.2) is 23.6 Å². The van der Waals surface area contributed by atoms with Crippen molar-refractivity contribution in [2.75, 3.05) is 23.8 Å². The largest absolute Gasteiger partial charge is 0.445 e. The summed E-state index contributed by atoms with van der Waals surface area (Å²) in [7, 11) is 1.87. The molecule has 2 aromatic rings. The lowest BCUT2D eigenvalue weighted by Crippen LogP contribution is -2.11. The van der Waals surface area contributed by atoms with E-state index in [4.69, 9.17) is 9.68 Å². The van der Waals surface area contributed by atoms with E-state index < -0.39 is 0 Å². The Morgan fingerprint density at radius 1 is 1.42 bits per heavy atom. The van der Waals surface area contributed by atoms with Crippen molar-refractivity contribution < 1.29 is 4.42 Å². The number of hydrogen-bond acceptors (Lipinski definition) is 6. The van der Waals surface area contributed by atoms with E-state index >= 15 is 0 Å². The Morgan fingerprint density at radius 3 is 2.95 bits per heavy atom. The Hall–Kier alpha value is -2.55. The summed E-state index contributed by atoms with van der Waals surface area (Å²) in [4.78, 5) is 10.1. The SMILES string of the molecule is Cc1ccc(N(C)c2cc(NCCC#N)ncn2)o1. The zero-order valence-electron chi connectivity index (χ0n) is 10.9. The first-order chi connectivity index (χ1) is 9.20. The van der Waals surface area contributed by atoms with E-state index in [1.54, 1.807) is 0 Å². The van der Waals surface area contributed by atoms with Crippen LogP contribution in [0.1, 0.15) is 12.2 Å². The van der Waals surface area contributed by atoms with Crippen LogP contribution in [0, 0.1) is 18.3 Å². The minimum Gasteiger partial charge on any atom is -0.445 e. The van der Waals surface area contributed by atoms with Gasteiger partial charge in [-0.3, -0.25) is 4.90 Å². The van der Waals surface area contributed by atoms with Gasteiger partial charge in [0, 0.05) is 25.7 Å². The van der Waals surface area contributed by atoms with Gasteiger partial charge in [0.15, 0.2) is 0 Å². The highest BCUT2D eigenvalue weighted by Crippen LogP contribution is 2.24. The van der Waals surface area contributed by atoms with E-state index in [1.807, 2.05) is 37.1 Å². The molecule has 6 nitrogen and oxygen atoms in total. The number of hydrogen-bond donors (Lipinski definition) is 1. The van der Waals surface area contributed by atoms with Crippen LogP contribution in [0.4, 0.5) is 17.5 Å². The number of nitriles is 1. The van der Waals surface area contributed by atoms with Gasteiger partial charge in [-0.05, 0) is 13.0 Å². The predicted octanol–water partition coefficient (Wildman–Crippen LogP) is 2.47. The molecule has 0 bridgehead atoms. The number of nitrogens with one attached hydrogen (secondary N) is 1. The van der Waals surface area contributed by atoms with Gasteiger partial charge in [-0.1, -0.05) is 0 Å². The molecule has 98 valence electrons. The molecule has 0 saturated heterocycles. The van der Waals surface area contributed by atoms with Crippen molar-refractivity contribution in [2.45, 2.75) is 13.3 Å². The molecule has 0 spiro atoms. The number of rotatable bonds is 5. The van der Waals surface area contributed by atoms with Crippen molar-refractivity contribution >= 4 is 17.5 Å². The molecule has 0 aromatic carbocycles. The van der Waals surface area contributed by atoms with Crippen molar-refractivity contribution in [2.24, 2.45) is 0 Å². The third kappa shape index (κ3) is 3.22. The van der Waals surface area contributed by atoms with E-state index in [1.165, 1.54) is 6.33 Å². The lowest BCUT2D eigenvalue weighted by atomic mass is 10.4. The lowest BCUT2D eigenvalue weighted by Gasteiger charge is -2.15. The summed E-state index contributed by atoms with van der Waals surface area (Å²) in [6.07, 6.45) is 1.92. The van der Waals surface area contributed by atoms with Crippen molar-refractivity contribution in [1.82, 2.24) is 9.97 Å². The topological polar surface area (TPSA) is 78.0 Å². The molecule has 0 saturated carbocycles. The Morgan fingerprint density at radius 2 is 2.26 bits per heavy atom. The highest BCUT2D eigenvalue weighted by atomic mass is 16.4. The number of aromatic nitrogens is 2. The van der Waals surface area contributed by atoms with E-state index in [-0.39, 0.29) is 0 Å². The maximum atomic E-state index is 8.49. The van der Waals surface area contributed by atoms with E-state index in [0.29, 0.717) is 18.8 Å². The van der Waals surface area contributed by atoms with Crippen LogP contribution >= 0.6 is 0 Å². The third-order valence-electron chi connectivity index (χ3n) is 2.60. The van der Waals surface area contributed by atoms with Crippen LogP contribution in [0.5, 0.6) is 0 Å². The Balaban J connectivity index is 2.12. The standard InChI is InChI=1S/C13H15N5O/c1-10-4-5-13(19-10)18(2)12-8-11(16-9-17-12)15-7-3-6-14/h4-5,8-9H,3,7H2,1-2H3,(H,15,16,17). The Kier molecular flexibility index (Phi) is 3.98. The first-order valence-electron chi connectivity index (χ1n) is 5.94. The molecule has 6 heteroatoms. The zero-order valence-corrected chi connectivity index (χ0v) is 10.9. The second-order valence-corrected chi connectivity index (χ2v) is 4.04. The van der Waals surface area contributed by atoms with Crippen LogP contribution in [0.2, 0.25) is 0 Å². The van der Waals surface area contributed by atoms with Crippen LogP contribution in [0.25, 0.3) is 0 Å². The van der Waals surface area contributed by atoms with E-state index in [2.05, 4.69) is 21.4 Å². The molecular weight excluding hydrogens is 242 g/mol. The molecule has 1 N–H and O–H groups in total. The summed E-state index contributed by atoms with van der Waals surface area (Å²) in [5.41, 5.74) is 0. The molecular formula is C13H15N5O.